The van der Waals surface area contributed by atoms with Crippen molar-refractivity contribution in [1.29, 1.82) is 0 Å². The predicted octanol–water partition coefficient (Wildman–Crippen LogP) is 1.52. The zero-order chi connectivity index (χ0) is 24.0. The van der Waals surface area contributed by atoms with E-state index in [1.165, 1.54) is 21.3 Å². The molecule has 0 radical (unpaired) electrons. The number of ether oxygens (including phenoxy) is 4. The lowest BCUT2D eigenvalue weighted by Gasteiger charge is -2.32. The molecule has 1 aromatic rings. The third-order valence-electron chi connectivity index (χ3n) is 5.89. The van der Waals surface area contributed by atoms with Gasteiger partial charge in [0.05, 0.1) is 39.6 Å². The Balaban J connectivity index is 2.08. The Morgan fingerprint density at radius 1 is 1.06 bits per heavy atom. The van der Waals surface area contributed by atoms with Crippen molar-refractivity contribution in [3.05, 3.63) is 29.0 Å². The molecule has 1 atom stereocenters. The first-order valence-corrected chi connectivity index (χ1v) is 11.1. The summed E-state index contributed by atoms with van der Waals surface area (Å²) in [6, 6.07) is 2.30. The lowest BCUT2D eigenvalue weighted by molar-refractivity contribution is -0.139. The number of likely N-dealkylation sites (N-methyl/N-ethyl adjacent to an activating group) is 1. The first kappa shape index (κ1) is 24.7. The smallest absolute Gasteiger partial charge is 0.338 e. The minimum atomic E-state index is -0.780. The Kier molecular flexibility index (Phi) is 8.40. The van der Waals surface area contributed by atoms with E-state index in [0.29, 0.717) is 40.6 Å². The lowest BCUT2D eigenvalue weighted by atomic mass is 9.93. The Labute approximate surface area is 194 Å². The lowest BCUT2D eigenvalue weighted by Crippen LogP contribution is -2.48. The second-order valence-electron chi connectivity index (χ2n) is 8.00. The number of hydrogen-bond donors (Lipinski definition) is 2. The zero-order valence-corrected chi connectivity index (χ0v) is 20.0. The van der Waals surface area contributed by atoms with Crippen LogP contribution in [0.25, 0.3) is 0 Å². The van der Waals surface area contributed by atoms with Crippen molar-refractivity contribution in [3.63, 3.8) is 0 Å². The molecule has 1 saturated heterocycles. The minimum absolute atomic E-state index is 0.216. The number of nitrogens with zero attached hydrogens (tertiary/aromatic N) is 2. The molecule has 2 amide bonds. The number of esters is 1. The molecule has 10 heteroatoms. The van der Waals surface area contributed by atoms with E-state index in [1.807, 2.05) is 0 Å². The van der Waals surface area contributed by atoms with Crippen LogP contribution in [0.15, 0.2) is 23.4 Å². The van der Waals surface area contributed by atoms with Gasteiger partial charge >= 0.3 is 12.0 Å². The van der Waals surface area contributed by atoms with Gasteiger partial charge in [-0.15, -0.1) is 0 Å². The van der Waals surface area contributed by atoms with Gasteiger partial charge < -0.3 is 34.5 Å². The van der Waals surface area contributed by atoms with Crippen LogP contribution in [0.3, 0.4) is 0 Å². The van der Waals surface area contributed by atoms with Crippen molar-refractivity contribution in [2.45, 2.75) is 19.4 Å². The van der Waals surface area contributed by atoms with Gasteiger partial charge in [-0.25, -0.2) is 9.59 Å². The van der Waals surface area contributed by atoms with Crippen molar-refractivity contribution >= 4 is 12.0 Å². The van der Waals surface area contributed by atoms with Crippen molar-refractivity contribution in [3.8, 4) is 17.2 Å². The maximum Gasteiger partial charge on any atom is 0.338 e. The highest BCUT2D eigenvalue weighted by molar-refractivity contribution is 5.95. The Hall–Kier alpha value is -2.98. The summed E-state index contributed by atoms with van der Waals surface area (Å²) in [6.45, 7) is 6.04. The number of urea groups is 1. The molecule has 182 valence electrons. The number of carbonyl (C=O) groups excluding carboxylic acids is 2. The number of hydrogen-bond acceptors (Lipinski definition) is 8. The molecule has 33 heavy (non-hydrogen) atoms. The summed E-state index contributed by atoms with van der Waals surface area (Å²) in [5, 5.41) is 5.71. The summed E-state index contributed by atoms with van der Waals surface area (Å²) in [4.78, 5) is 30.4. The maximum atomic E-state index is 13.1. The van der Waals surface area contributed by atoms with Gasteiger partial charge in [0.1, 0.15) is 0 Å². The summed E-state index contributed by atoms with van der Waals surface area (Å²) in [5.74, 6) is 0.745. The van der Waals surface area contributed by atoms with Crippen molar-refractivity contribution < 1.29 is 28.5 Å². The third kappa shape index (κ3) is 5.51. The second-order valence-corrected chi connectivity index (χ2v) is 8.00. The molecule has 3 rings (SSSR count). The summed E-state index contributed by atoms with van der Waals surface area (Å²) >= 11 is 0. The highest BCUT2D eigenvalue weighted by Crippen LogP contribution is 2.44. The first-order chi connectivity index (χ1) is 15.9. The van der Waals surface area contributed by atoms with Crippen LogP contribution in [0, 0.1) is 0 Å². The summed E-state index contributed by atoms with van der Waals surface area (Å²) in [7, 11) is 6.64. The van der Waals surface area contributed by atoms with Crippen LogP contribution in [0.1, 0.15) is 24.9 Å². The van der Waals surface area contributed by atoms with E-state index in [4.69, 9.17) is 18.9 Å². The number of amides is 2. The van der Waals surface area contributed by atoms with Crippen LogP contribution in [0.5, 0.6) is 17.2 Å². The van der Waals surface area contributed by atoms with Crippen LogP contribution >= 0.6 is 0 Å². The molecule has 0 saturated carbocycles. The standard InChI is InChI=1S/C23H34N4O6/c1-6-33-22(28)18-16(14-27-11-7-10-26(2)12-13-27)24-23(29)25-19(18)15-8-9-17(30-3)21(32-5)20(15)31-4/h8-9,19H,6-7,10-14H2,1-5H3,(H2,24,25,29). The first-order valence-electron chi connectivity index (χ1n) is 11.1. The molecule has 0 aliphatic carbocycles. The highest BCUT2D eigenvalue weighted by atomic mass is 16.5. The number of rotatable bonds is 8. The number of benzene rings is 1. The summed E-state index contributed by atoms with van der Waals surface area (Å²) < 4.78 is 21.9. The fourth-order valence-electron chi connectivity index (χ4n) is 4.26. The molecule has 2 N–H and O–H groups in total. The summed E-state index contributed by atoms with van der Waals surface area (Å²) in [6.07, 6.45) is 1.01. The maximum absolute atomic E-state index is 13.1. The van der Waals surface area contributed by atoms with Crippen LogP contribution in [-0.2, 0) is 9.53 Å². The fraction of sp³-hybridized carbons (Fsp3) is 0.565. The van der Waals surface area contributed by atoms with E-state index in [9.17, 15) is 9.59 Å². The van der Waals surface area contributed by atoms with Crippen LogP contribution in [0.2, 0.25) is 0 Å². The molecule has 1 fully saturated rings. The average Bonchev–Trinajstić information content (AvgIpc) is 3.01. The van der Waals surface area contributed by atoms with Crippen molar-refractivity contribution in [2.24, 2.45) is 0 Å². The van der Waals surface area contributed by atoms with E-state index < -0.39 is 18.0 Å². The molecule has 0 bridgehead atoms. The largest absolute Gasteiger partial charge is 0.493 e. The summed E-state index contributed by atoms with van der Waals surface area (Å²) in [5.41, 5.74) is 1.45. The van der Waals surface area contributed by atoms with E-state index in [2.05, 4.69) is 27.5 Å². The average molecular weight is 463 g/mol. The van der Waals surface area contributed by atoms with Gasteiger partial charge in [0.25, 0.3) is 0 Å². The van der Waals surface area contributed by atoms with E-state index in [-0.39, 0.29) is 6.61 Å². The molecule has 2 aliphatic rings. The van der Waals surface area contributed by atoms with Crippen molar-refractivity contribution in [2.75, 3.05) is 67.7 Å². The third-order valence-corrected chi connectivity index (χ3v) is 5.89. The monoisotopic (exact) mass is 462 g/mol. The zero-order valence-electron chi connectivity index (χ0n) is 20.0. The normalized spacial score (nSPS) is 19.9. The fourth-order valence-corrected chi connectivity index (χ4v) is 4.26. The van der Waals surface area contributed by atoms with Gasteiger partial charge in [0.15, 0.2) is 11.5 Å². The van der Waals surface area contributed by atoms with Gasteiger partial charge in [0, 0.05) is 30.9 Å². The second kappa shape index (κ2) is 11.2. The number of methoxy groups -OCH3 is 3. The van der Waals surface area contributed by atoms with Crippen LogP contribution < -0.4 is 24.8 Å². The Morgan fingerprint density at radius 3 is 2.48 bits per heavy atom. The molecule has 0 spiro atoms. The Bertz CT molecular complexity index is 903. The van der Waals surface area contributed by atoms with Crippen LogP contribution in [-0.4, -0.2) is 89.5 Å². The molecule has 1 unspecified atom stereocenters. The SMILES string of the molecule is CCOC(=O)C1=C(CN2CCCN(C)CC2)NC(=O)NC1c1ccc(OC)c(OC)c1OC. The van der Waals surface area contributed by atoms with E-state index >= 15 is 0 Å². The van der Waals surface area contributed by atoms with Gasteiger partial charge in [0.2, 0.25) is 5.75 Å². The van der Waals surface area contributed by atoms with E-state index in [1.54, 1.807) is 19.1 Å². The van der Waals surface area contributed by atoms with Gasteiger partial charge in [-0.3, -0.25) is 4.90 Å². The number of carbonyl (C=O) groups is 2. The van der Waals surface area contributed by atoms with Gasteiger partial charge in [-0.05, 0) is 45.6 Å². The molecule has 0 aromatic heterocycles. The van der Waals surface area contributed by atoms with Gasteiger partial charge in [-0.1, -0.05) is 0 Å². The molecular formula is C23H34N4O6. The number of nitrogens with one attached hydrogen (secondary N) is 2. The topological polar surface area (TPSA) is 102 Å². The van der Waals surface area contributed by atoms with Gasteiger partial charge in [-0.2, -0.15) is 0 Å². The molecular weight excluding hydrogens is 428 g/mol. The van der Waals surface area contributed by atoms with Crippen molar-refractivity contribution in [1.82, 2.24) is 20.4 Å². The molecule has 10 nitrogen and oxygen atoms in total. The minimum Gasteiger partial charge on any atom is -0.493 e. The van der Waals surface area contributed by atoms with E-state index in [0.717, 1.165) is 32.6 Å². The molecule has 2 heterocycles. The molecule has 1 aromatic carbocycles. The Morgan fingerprint density at radius 2 is 1.82 bits per heavy atom. The molecule has 2 aliphatic heterocycles. The quantitative estimate of drug-likeness (QED) is 0.561. The highest BCUT2D eigenvalue weighted by Gasteiger charge is 2.37. The predicted molar refractivity (Wildman–Crippen MR) is 123 cm³/mol. The van der Waals surface area contributed by atoms with Crippen LogP contribution in [0.4, 0.5) is 4.79 Å².